The van der Waals surface area contributed by atoms with Gasteiger partial charge in [-0.25, -0.2) is 13.4 Å². The molecular weight excluding hydrogens is 411 g/mol. The summed E-state index contributed by atoms with van der Waals surface area (Å²) in [5.74, 6) is -0.529. The third-order valence-electron chi connectivity index (χ3n) is 6.19. The molecule has 0 aromatic carbocycles. The van der Waals surface area contributed by atoms with Crippen LogP contribution >= 0.6 is 0 Å². The van der Waals surface area contributed by atoms with Gasteiger partial charge in [0.15, 0.2) is 0 Å². The number of morpholine rings is 1. The molecule has 11 heteroatoms. The fourth-order valence-corrected chi connectivity index (χ4v) is 6.41. The van der Waals surface area contributed by atoms with Crippen molar-refractivity contribution in [2.75, 3.05) is 46.5 Å². The molecule has 0 N–H and O–H groups in total. The predicted molar refractivity (Wildman–Crippen MR) is 97.0 cm³/mol. The molecule has 162 valence electrons. The van der Waals surface area contributed by atoms with E-state index >= 15 is 0 Å². The molecule has 1 atom stereocenters. The standard InChI is InChI=1S/C18H24F3N3O4S/c1-27-16-14(2-3-15(22-16)18(19,20)21)29(25,26)24-11-17(12-24)5-4-13(10-17)23-6-8-28-9-7-23/h2-3,13H,4-12H2,1H3. The number of nitrogens with zero attached hydrogens (tertiary/aromatic N) is 3. The highest BCUT2D eigenvalue weighted by atomic mass is 32.2. The fraction of sp³-hybridized carbons (Fsp3) is 0.722. The van der Waals surface area contributed by atoms with Crippen LogP contribution in [0.5, 0.6) is 5.88 Å². The van der Waals surface area contributed by atoms with Crippen LogP contribution in [-0.2, 0) is 20.9 Å². The number of aromatic nitrogens is 1. The van der Waals surface area contributed by atoms with Crippen molar-refractivity contribution in [1.82, 2.24) is 14.2 Å². The maximum Gasteiger partial charge on any atom is 0.433 e. The predicted octanol–water partition coefficient (Wildman–Crippen LogP) is 1.98. The number of ether oxygens (including phenoxy) is 2. The number of hydrogen-bond donors (Lipinski definition) is 0. The Morgan fingerprint density at radius 2 is 1.93 bits per heavy atom. The first-order chi connectivity index (χ1) is 13.6. The smallest absolute Gasteiger partial charge is 0.433 e. The second kappa shape index (κ2) is 7.36. The van der Waals surface area contributed by atoms with Gasteiger partial charge in [-0.15, -0.1) is 0 Å². The molecule has 3 fully saturated rings. The molecule has 1 aromatic heterocycles. The van der Waals surface area contributed by atoms with E-state index in [0.717, 1.165) is 58.7 Å². The van der Waals surface area contributed by atoms with Crippen molar-refractivity contribution < 1.29 is 31.1 Å². The van der Waals surface area contributed by atoms with Crippen molar-refractivity contribution in [3.8, 4) is 5.88 Å². The van der Waals surface area contributed by atoms with Crippen molar-refractivity contribution in [2.45, 2.75) is 36.4 Å². The number of halogens is 3. The molecular formula is C18H24F3N3O4S. The van der Waals surface area contributed by atoms with Crippen LogP contribution in [0.1, 0.15) is 25.0 Å². The van der Waals surface area contributed by atoms with Gasteiger partial charge in [0.1, 0.15) is 10.6 Å². The lowest BCUT2D eigenvalue weighted by Crippen LogP contribution is -2.57. The molecule has 2 aliphatic heterocycles. The summed E-state index contributed by atoms with van der Waals surface area (Å²) < 4.78 is 76.1. The van der Waals surface area contributed by atoms with Crippen LogP contribution in [0.3, 0.4) is 0 Å². The van der Waals surface area contributed by atoms with E-state index in [1.54, 1.807) is 0 Å². The van der Waals surface area contributed by atoms with Gasteiger partial charge in [-0.1, -0.05) is 0 Å². The average molecular weight is 435 g/mol. The van der Waals surface area contributed by atoms with Crippen molar-refractivity contribution in [3.63, 3.8) is 0 Å². The lowest BCUT2D eigenvalue weighted by Gasteiger charge is -2.47. The van der Waals surface area contributed by atoms with Gasteiger partial charge in [0.05, 0.1) is 20.3 Å². The maximum absolute atomic E-state index is 13.0. The number of sulfonamides is 1. The Kier molecular flexibility index (Phi) is 5.29. The molecule has 1 aliphatic carbocycles. The van der Waals surface area contributed by atoms with Crippen LogP contribution in [0.2, 0.25) is 0 Å². The zero-order chi connectivity index (χ0) is 20.9. The monoisotopic (exact) mass is 435 g/mol. The first-order valence-corrected chi connectivity index (χ1v) is 11.0. The van der Waals surface area contributed by atoms with Crippen LogP contribution in [0, 0.1) is 5.41 Å². The number of alkyl halides is 3. The topological polar surface area (TPSA) is 72.0 Å². The molecule has 1 unspecified atom stereocenters. The molecule has 0 amide bonds. The van der Waals surface area contributed by atoms with Gasteiger partial charge in [-0.3, -0.25) is 4.90 Å². The molecule has 0 bridgehead atoms. The molecule has 3 heterocycles. The molecule has 1 aromatic rings. The number of pyridine rings is 1. The van der Waals surface area contributed by atoms with Crippen molar-refractivity contribution in [2.24, 2.45) is 5.41 Å². The molecule has 29 heavy (non-hydrogen) atoms. The normalized spacial score (nSPS) is 25.9. The van der Waals surface area contributed by atoms with Crippen LogP contribution in [0.15, 0.2) is 17.0 Å². The summed E-state index contributed by atoms with van der Waals surface area (Å²) in [5, 5.41) is 0. The second-order valence-corrected chi connectivity index (χ2v) is 9.93. The molecule has 4 rings (SSSR count). The van der Waals surface area contributed by atoms with Gasteiger partial charge in [-0.2, -0.15) is 17.5 Å². The molecule has 1 saturated carbocycles. The van der Waals surface area contributed by atoms with Gasteiger partial charge < -0.3 is 9.47 Å². The van der Waals surface area contributed by atoms with Crippen LogP contribution in [0.25, 0.3) is 0 Å². The summed E-state index contributed by atoms with van der Waals surface area (Å²) in [6.45, 7) is 4.00. The molecule has 3 aliphatic rings. The molecule has 7 nitrogen and oxygen atoms in total. The Labute approximate surface area is 167 Å². The van der Waals surface area contributed by atoms with Crippen molar-refractivity contribution >= 4 is 10.0 Å². The van der Waals surface area contributed by atoms with Gasteiger partial charge in [0.2, 0.25) is 15.9 Å². The first kappa shape index (κ1) is 20.8. The van der Waals surface area contributed by atoms with E-state index < -0.39 is 27.8 Å². The zero-order valence-corrected chi connectivity index (χ0v) is 16.9. The highest BCUT2D eigenvalue weighted by Crippen LogP contribution is 2.49. The maximum atomic E-state index is 13.0. The third kappa shape index (κ3) is 3.85. The van der Waals surface area contributed by atoms with Crippen LogP contribution in [-0.4, -0.2) is 75.2 Å². The Morgan fingerprint density at radius 3 is 2.55 bits per heavy atom. The van der Waals surface area contributed by atoms with Crippen molar-refractivity contribution in [1.29, 1.82) is 0 Å². The second-order valence-electron chi connectivity index (χ2n) is 8.02. The van der Waals surface area contributed by atoms with E-state index in [4.69, 9.17) is 9.47 Å². The number of rotatable bonds is 4. The number of methoxy groups -OCH3 is 1. The SMILES string of the molecule is COc1nc(C(F)(F)F)ccc1S(=O)(=O)N1CC2(CCC(N3CCOCC3)C2)C1. The van der Waals surface area contributed by atoms with E-state index in [1.165, 1.54) is 4.31 Å². The highest BCUT2D eigenvalue weighted by molar-refractivity contribution is 7.89. The third-order valence-corrected chi connectivity index (χ3v) is 7.99. The highest BCUT2D eigenvalue weighted by Gasteiger charge is 2.53. The molecule has 1 spiro atoms. The Balaban J connectivity index is 1.46. The summed E-state index contributed by atoms with van der Waals surface area (Å²) in [7, 11) is -2.85. The van der Waals surface area contributed by atoms with Gasteiger partial charge in [-0.05, 0) is 36.8 Å². The van der Waals surface area contributed by atoms with E-state index in [0.29, 0.717) is 25.2 Å². The first-order valence-electron chi connectivity index (χ1n) is 9.59. The Morgan fingerprint density at radius 1 is 1.24 bits per heavy atom. The average Bonchev–Trinajstić information content (AvgIpc) is 3.12. The molecule has 2 saturated heterocycles. The van der Waals surface area contributed by atoms with Gasteiger partial charge in [0.25, 0.3) is 0 Å². The van der Waals surface area contributed by atoms with E-state index in [-0.39, 0.29) is 10.3 Å². The van der Waals surface area contributed by atoms with E-state index in [2.05, 4.69) is 9.88 Å². The van der Waals surface area contributed by atoms with Crippen molar-refractivity contribution in [3.05, 3.63) is 17.8 Å². The summed E-state index contributed by atoms with van der Waals surface area (Å²) in [6, 6.07) is 2.04. The van der Waals surface area contributed by atoms with Gasteiger partial charge >= 0.3 is 6.18 Å². The van der Waals surface area contributed by atoms with E-state index in [1.807, 2.05) is 0 Å². The summed E-state index contributed by atoms with van der Waals surface area (Å²) >= 11 is 0. The fourth-order valence-electron chi connectivity index (χ4n) is 4.66. The summed E-state index contributed by atoms with van der Waals surface area (Å²) in [5.41, 5.74) is -1.24. The van der Waals surface area contributed by atoms with E-state index in [9.17, 15) is 21.6 Å². The quantitative estimate of drug-likeness (QED) is 0.720. The lowest BCUT2D eigenvalue weighted by molar-refractivity contribution is -0.141. The minimum Gasteiger partial charge on any atom is -0.480 e. The molecule has 0 radical (unpaired) electrons. The minimum absolute atomic E-state index is 0.0530. The van der Waals surface area contributed by atoms with Gasteiger partial charge in [0, 0.05) is 32.2 Å². The Hall–Kier alpha value is -1.43. The summed E-state index contributed by atoms with van der Waals surface area (Å²) in [6.07, 6.45) is -1.77. The lowest BCUT2D eigenvalue weighted by atomic mass is 9.80. The zero-order valence-electron chi connectivity index (χ0n) is 16.1. The van der Waals surface area contributed by atoms with Crippen LogP contribution < -0.4 is 4.74 Å². The largest absolute Gasteiger partial charge is 0.480 e. The number of hydrogen-bond acceptors (Lipinski definition) is 6. The minimum atomic E-state index is -4.67. The van der Waals surface area contributed by atoms with Crippen LogP contribution in [0.4, 0.5) is 13.2 Å². The Bertz CT molecular complexity index is 866. The summed E-state index contributed by atoms with van der Waals surface area (Å²) in [4.78, 5) is 5.45.